The van der Waals surface area contributed by atoms with Gasteiger partial charge in [0.2, 0.25) is 5.91 Å². The second kappa shape index (κ2) is 35.2. The zero-order chi connectivity index (χ0) is 37.1. The van der Waals surface area contributed by atoms with Gasteiger partial charge in [-0.1, -0.05) is 0 Å². The summed E-state index contributed by atoms with van der Waals surface area (Å²) in [4.78, 5) is 48.1. The van der Waals surface area contributed by atoms with Gasteiger partial charge >= 0.3 is 17.9 Å². The molecule has 50 heavy (non-hydrogen) atoms. The lowest BCUT2D eigenvalue weighted by Gasteiger charge is -2.20. The topological polar surface area (TPSA) is 245 Å². The maximum atomic E-state index is 12.5. The van der Waals surface area contributed by atoms with Gasteiger partial charge in [-0.05, 0) is 39.8 Å². The number of aliphatic carboxylic acids is 1. The van der Waals surface area contributed by atoms with Gasteiger partial charge in [-0.15, -0.1) is 0 Å². The van der Waals surface area contributed by atoms with E-state index in [2.05, 4.69) is 16.0 Å². The minimum atomic E-state index is -1.48. The number of carbonyl (C=O) groups excluding carboxylic acids is 3. The van der Waals surface area contributed by atoms with Gasteiger partial charge in [-0.2, -0.15) is 11.8 Å². The van der Waals surface area contributed by atoms with Gasteiger partial charge in [0, 0.05) is 37.9 Å². The highest BCUT2D eigenvalue weighted by molar-refractivity contribution is 7.99. The molecule has 0 heterocycles. The van der Waals surface area contributed by atoms with Crippen LogP contribution in [0.2, 0.25) is 0 Å². The third-order valence-corrected chi connectivity index (χ3v) is 7.39. The number of carbonyl (C=O) groups is 4. The van der Waals surface area contributed by atoms with Crippen LogP contribution in [0.5, 0.6) is 0 Å². The average molecular weight is 745 g/mol. The number of nitrogens with two attached hydrogens (primary N) is 1. The molecule has 0 saturated carbocycles. The molecule has 0 rings (SSSR count). The molecule has 0 aromatic rings. The molecule has 19 heteroatoms. The fourth-order valence-corrected chi connectivity index (χ4v) is 4.56. The third kappa shape index (κ3) is 30.6. The van der Waals surface area contributed by atoms with Crippen molar-refractivity contribution >= 4 is 35.6 Å². The molecule has 0 aliphatic rings. The Morgan fingerprint density at radius 3 is 1.66 bits per heavy atom. The van der Waals surface area contributed by atoms with Crippen LogP contribution in [-0.4, -0.2) is 182 Å². The van der Waals surface area contributed by atoms with Crippen LogP contribution in [0.4, 0.5) is 0 Å². The van der Waals surface area contributed by atoms with Crippen LogP contribution in [-0.2, 0) is 57.1 Å². The van der Waals surface area contributed by atoms with E-state index in [4.69, 9.17) is 53.8 Å². The number of aliphatic hydroxyl groups is 1. The van der Waals surface area contributed by atoms with Crippen molar-refractivity contribution < 1.29 is 67.3 Å². The quantitative estimate of drug-likeness (QED) is 0.0302. The first kappa shape index (κ1) is 47.8. The van der Waals surface area contributed by atoms with Crippen molar-refractivity contribution in [2.24, 2.45) is 5.73 Å². The molecule has 1 amide bonds. The second-order valence-corrected chi connectivity index (χ2v) is 11.5. The summed E-state index contributed by atoms with van der Waals surface area (Å²) in [7, 11) is 0. The molecule has 0 aromatic heterocycles. The summed E-state index contributed by atoms with van der Waals surface area (Å²) < 4.78 is 42.9. The van der Waals surface area contributed by atoms with E-state index in [0.717, 1.165) is 11.8 Å². The first-order valence-corrected chi connectivity index (χ1v) is 18.1. The predicted molar refractivity (Wildman–Crippen MR) is 184 cm³/mol. The van der Waals surface area contributed by atoms with E-state index in [0.29, 0.717) is 105 Å². The molecule has 18 nitrogen and oxygen atoms in total. The van der Waals surface area contributed by atoms with Gasteiger partial charge in [-0.25, -0.2) is 4.79 Å². The number of rotatable bonds is 37. The number of nitrogens with one attached hydrogen (secondary N) is 3. The van der Waals surface area contributed by atoms with E-state index in [1.807, 2.05) is 13.8 Å². The van der Waals surface area contributed by atoms with Crippen LogP contribution in [0.1, 0.15) is 26.7 Å². The Balaban J connectivity index is 4.47. The molecular formula is C31H60N4O14S. The lowest BCUT2D eigenvalue weighted by Crippen LogP contribution is -2.50. The molecular weight excluding hydrogens is 684 g/mol. The van der Waals surface area contributed by atoms with Crippen LogP contribution in [0, 0.1) is 0 Å². The monoisotopic (exact) mass is 744 g/mol. The fourth-order valence-electron chi connectivity index (χ4n) is 3.59. The van der Waals surface area contributed by atoms with E-state index < -0.39 is 48.6 Å². The van der Waals surface area contributed by atoms with Crippen LogP contribution < -0.4 is 21.7 Å². The van der Waals surface area contributed by atoms with E-state index in [1.165, 1.54) is 0 Å². The van der Waals surface area contributed by atoms with Crippen molar-refractivity contribution in [3.8, 4) is 0 Å². The predicted octanol–water partition coefficient (Wildman–Crippen LogP) is -1.84. The molecule has 0 aliphatic heterocycles. The summed E-state index contributed by atoms with van der Waals surface area (Å²) in [5.74, 6) is -3.08. The summed E-state index contributed by atoms with van der Waals surface area (Å²) in [5, 5.41) is 26.2. The standard InChI is InChI=1S/C31H60N4O14S/c1-3-42-11-13-46-17-15-44-9-5-7-33-19-28(37)48-22-25(23-50-24-26(32)30(39)35-27(21-36)31(40)41)49-29(38)20-34-8-6-10-45-16-18-47-14-12-43-4-2/h25-27,33-34,36H,3-24,32H2,1-2H3,(H,35,39)(H,40,41)/t25-,26+,27+/m1/s1. The number of carboxylic acids is 1. The molecule has 0 saturated heterocycles. The van der Waals surface area contributed by atoms with Gasteiger partial charge in [0.15, 0.2) is 0 Å². The van der Waals surface area contributed by atoms with Crippen LogP contribution in [0.15, 0.2) is 0 Å². The number of thioether (sulfide) groups is 1. The van der Waals surface area contributed by atoms with Crippen LogP contribution in [0.25, 0.3) is 0 Å². The largest absolute Gasteiger partial charge is 0.480 e. The molecule has 0 aromatic carbocycles. The van der Waals surface area contributed by atoms with E-state index in [1.54, 1.807) is 0 Å². The lowest BCUT2D eigenvalue weighted by atomic mass is 10.2. The normalized spacial score (nSPS) is 13.0. The summed E-state index contributed by atoms with van der Waals surface area (Å²) in [6, 6.07) is -2.58. The van der Waals surface area contributed by atoms with Gasteiger partial charge in [0.1, 0.15) is 18.8 Å². The Morgan fingerprint density at radius 2 is 1.18 bits per heavy atom. The molecule has 0 radical (unpaired) electrons. The molecule has 0 unspecified atom stereocenters. The minimum absolute atomic E-state index is 0.0461. The molecule has 3 atom stereocenters. The van der Waals surface area contributed by atoms with E-state index in [9.17, 15) is 19.2 Å². The lowest BCUT2D eigenvalue weighted by molar-refractivity contribution is -0.156. The molecule has 0 bridgehead atoms. The summed E-state index contributed by atoms with van der Waals surface area (Å²) >= 11 is 1.16. The number of esters is 2. The third-order valence-electron chi connectivity index (χ3n) is 6.18. The SMILES string of the molecule is CCOCCOCCOCCCNCC(=O)OC[C@H](CSC[C@H](N)C(=O)N[C@@H](CO)C(=O)O)OC(=O)CNCCCOCCOCCOCC. The Labute approximate surface area is 299 Å². The Bertz CT molecular complexity index is 864. The highest BCUT2D eigenvalue weighted by atomic mass is 32.2. The van der Waals surface area contributed by atoms with Crippen molar-refractivity contribution in [3.05, 3.63) is 0 Å². The summed E-state index contributed by atoms with van der Waals surface area (Å²) in [6.45, 7) is 9.98. The number of hydrogen-bond donors (Lipinski definition) is 6. The molecule has 0 aliphatic carbocycles. The van der Waals surface area contributed by atoms with Gasteiger partial charge < -0.3 is 69.8 Å². The first-order chi connectivity index (χ1) is 24.2. The van der Waals surface area contributed by atoms with E-state index >= 15 is 0 Å². The zero-order valence-electron chi connectivity index (χ0n) is 29.6. The van der Waals surface area contributed by atoms with Gasteiger partial charge in [0.05, 0.1) is 78.6 Å². The fraction of sp³-hybridized carbons (Fsp3) is 0.871. The minimum Gasteiger partial charge on any atom is -0.480 e. The van der Waals surface area contributed by atoms with Crippen LogP contribution in [0.3, 0.4) is 0 Å². The summed E-state index contributed by atoms with van der Waals surface area (Å²) in [5.41, 5.74) is 5.86. The Morgan fingerprint density at radius 1 is 0.700 bits per heavy atom. The number of ether oxygens (including phenoxy) is 8. The number of hydrogen-bond acceptors (Lipinski definition) is 17. The van der Waals surface area contributed by atoms with Crippen molar-refractivity contribution in [1.29, 1.82) is 0 Å². The number of aliphatic hydroxyl groups excluding tert-OH is 1. The summed E-state index contributed by atoms with van der Waals surface area (Å²) in [6.07, 6.45) is 0.489. The Hall–Kier alpha value is -2.17. The highest BCUT2D eigenvalue weighted by Gasteiger charge is 2.24. The molecule has 0 fully saturated rings. The van der Waals surface area contributed by atoms with Crippen LogP contribution >= 0.6 is 11.8 Å². The van der Waals surface area contributed by atoms with Crippen molar-refractivity contribution in [2.75, 3.05) is 130 Å². The number of amides is 1. The molecule has 0 spiro atoms. The van der Waals surface area contributed by atoms with E-state index in [-0.39, 0.29) is 31.2 Å². The highest BCUT2D eigenvalue weighted by Crippen LogP contribution is 2.09. The molecule has 7 N–H and O–H groups in total. The Kier molecular flexibility index (Phi) is 33.7. The van der Waals surface area contributed by atoms with Gasteiger partial charge in [-0.3, -0.25) is 14.4 Å². The second-order valence-electron chi connectivity index (χ2n) is 10.4. The van der Waals surface area contributed by atoms with Crippen molar-refractivity contribution in [3.63, 3.8) is 0 Å². The zero-order valence-corrected chi connectivity index (χ0v) is 30.4. The first-order valence-electron chi connectivity index (χ1n) is 16.9. The smallest absolute Gasteiger partial charge is 0.328 e. The maximum absolute atomic E-state index is 12.5. The maximum Gasteiger partial charge on any atom is 0.328 e. The number of carboxylic acid groups (broad SMARTS) is 1. The van der Waals surface area contributed by atoms with Crippen molar-refractivity contribution in [2.45, 2.75) is 44.9 Å². The molecule has 294 valence electrons. The van der Waals surface area contributed by atoms with Crippen molar-refractivity contribution in [1.82, 2.24) is 16.0 Å². The van der Waals surface area contributed by atoms with Gasteiger partial charge in [0.25, 0.3) is 0 Å². The average Bonchev–Trinajstić information content (AvgIpc) is 3.09.